The number of benzene rings is 1. The van der Waals surface area contributed by atoms with Gasteiger partial charge in [0.1, 0.15) is 0 Å². The van der Waals surface area contributed by atoms with Crippen LogP contribution in [0.25, 0.3) is 10.9 Å². The average molecular weight is 232 g/mol. The van der Waals surface area contributed by atoms with Crippen LogP contribution in [0.2, 0.25) is 0 Å². The fourth-order valence-electron chi connectivity index (χ4n) is 2.01. The highest BCUT2D eigenvalue weighted by atomic mass is 16.4. The molecular formula is C13H16N2O2. The van der Waals surface area contributed by atoms with Crippen LogP contribution in [0.4, 0.5) is 0 Å². The first-order valence-corrected chi connectivity index (χ1v) is 5.65. The minimum atomic E-state index is -0.884. The number of carboxylic acid groups (broad SMARTS) is 1. The van der Waals surface area contributed by atoms with Crippen LogP contribution in [0.1, 0.15) is 22.8 Å². The Bertz CT molecular complexity index is 558. The lowest BCUT2D eigenvalue weighted by Crippen LogP contribution is -2.11. The minimum absolute atomic E-state index is 0.335. The second kappa shape index (κ2) is 4.59. The standard InChI is InChI=1S/C13H16N2O2/c1-3-14-7-10-8-15(2)12-5-4-9(13(16)17)6-11(10)12/h4-6,8,14H,3,7H2,1-2H3,(H,16,17). The van der Waals surface area contributed by atoms with Crippen molar-refractivity contribution in [2.45, 2.75) is 13.5 Å². The molecule has 2 rings (SSSR count). The Kier molecular flexibility index (Phi) is 3.15. The normalized spacial score (nSPS) is 10.9. The second-order valence-electron chi connectivity index (χ2n) is 4.08. The Morgan fingerprint density at radius 1 is 1.47 bits per heavy atom. The summed E-state index contributed by atoms with van der Waals surface area (Å²) < 4.78 is 2.02. The van der Waals surface area contributed by atoms with E-state index in [-0.39, 0.29) is 0 Å². The van der Waals surface area contributed by atoms with Crippen molar-refractivity contribution in [1.29, 1.82) is 0 Å². The van der Waals surface area contributed by atoms with E-state index < -0.39 is 5.97 Å². The van der Waals surface area contributed by atoms with E-state index in [0.717, 1.165) is 29.6 Å². The number of aromatic carboxylic acids is 1. The first-order valence-electron chi connectivity index (χ1n) is 5.65. The molecule has 0 radical (unpaired) electrons. The monoisotopic (exact) mass is 232 g/mol. The van der Waals surface area contributed by atoms with Crippen LogP contribution in [0.15, 0.2) is 24.4 Å². The van der Waals surface area contributed by atoms with Gasteiger partial charge in [-0.15, -0.1) is 0 Å². The van der Waals surface area contributed by atoms with Crippen LogP contribution in [-0.2, 0) is 13.6 Å². The Morgan fingerprint density at radius 2 is 2.24 bits per heavy atom. The number of nitrogens with one attached hydrogen (secondary N) is 1. The first kappa shape index (κ1) is 11.7. The van der Waals surface area contributed by atoms with Crippen LogP contribution in [0.5, 0.6) is 0 Å². The third kappa shape index (κ3) is 2.17. The Balaban J connectivity index is 2.52. The molecule has 1 aromatic carbocycles. The fraction of sp³-hybridized carbons (Fsp3) is 0.308. The quantitative estimate of drug-likeness (QED) is 0.847. The predicted octanol–water partition coefficient (Wildman–Crippen LogP) is 1.99. The molecular weight excluding hydrogens is 216 g/mol. The van der Waals surface area contributed by atoms with Gasteiger partial charge in [-0.05, 0) is 30.3 Å². The van der Waals surface area contributed by atoms with Crippen LogP contribution < -0.4 is 5.32 Å². The van der Waals surface area contributed by atoms with E-state index in [1.807, 2.05) is 30.8 Å². The Hall–Kier alpha value is -1.81. The zero-order valence-electron chi connectivity index (χ0n) is 10.0. The molecule has 0 fully saturated rings. The van der Waals surface area contributed by atoms with Crippen molar-refractivity contribution >= 4 is 16.9 Å². The van der Waals surface area contributed by atoms with Gasteiger partial charge in [0.2, 0.25) is 0 Å². The lowest BCUT2D eigenvalue weighted by Gasteiger charge is -2.01. The lowest BCUT2D eigenvalue weighted by atomic mass is 10.1. The molecule has 1 aromatic heterocycles. The molecule has 0 aliphatic rings. The summed E-state index contributed by atoms with van der Waals surface area (Å²) in [6.07, 6.45) is 2.04. The molecule has 0 saturated carbocycles. The molecule has 0 saturated heterocycles. The van der Waals surface area contributed by atoms with Gasteiger partial charge in [0, 0.05) is 30.7 Å². The number of nitrogens with zero attached hydrogens (tertiary/aromatic N) is 1. The molecule has 0 aliphatic carbocycles. The lowest BCUT2D eigenvalue weighted by molar-refractivity contribution is 0.0697. The smallest absolute Gasteiger partial charge is 0.335 e. The van der Waals surface area contributed by atoms with E-state index in [0.29, 0.717) is 5.56 Å². The molecule has 2 N–H and O–H groups in total. The molecule has 4 heteroatoms. The third-order valence-corrected chi connectivity index (χ3v) is 2.88. The highest BCUT2D eigenvalue weighted by Gasteiger charge is 2.09. The van der Waals surface area contributed by atoms with Gasteiger partial charge < -0.3 is 15.0 Å². The summed E-state index contributed by atoms with van der Waals surface area (Å²) in [4.78, 5) is 11.0. The van der Waals surface area contributed by atoms with E-state index in [2.05, 4.69) is 5.32 Å². The number of aryl methyl sites for hydroxylation is 1. The molecule has 0 bridgehead atoms. The van der Waals surface area contributed by atoms with Gasteiger partial charge in [-0.3, -0.25) is 0 Å². The van der Waals surface area contributed by atoms with Crippen molar-refractivity contribution in [2.24, 2.45) is 7.05 Å². The molecule has 4 nitrogen and oxygen atoms in total. The maximum absolute atomic E-state index is 11.0. The molecule has 90 valence electrons. The van der Waals surface area contributed by atoms with Crippen LogP contribution >= 0.6 is 0 Å². The molecule has 17 heavy (non-hydrogen) atoms. The van der Waals surface area contributed by atoms with Crippen molar-refractivity contribution < 1.29 is 9.90 Å². The number of rotatable bonds is 4. The van der Waals surface area contributed by atoms with Gasteiger partial charge in [-0.2, -0.15) is 0 Å². The molecule has 2 aromatic rings. The molecule has 0 unspecified atom stereocenters. The summed E-state index contributed by atoms with van der Waals surface area (Å²) in [7, 11) is 1.97. The zero-order chi connectivity index (χ0) is 12.4. The van der Waals surface area contributed by atoms with Gasteiger partial charge in [0.25, 0.3) is 0 Å². The van der Waals surface area contributed by atoms with E-state index in [9.17, 15) is 4.79 Å². The fourth-order valence-corrected chi connectivity index (χ4v) is 2.01. The second-order valence-corrected chi connectivity index (χ2v) is 4.08. The van der Waals surface area contributed by atoms with Crippen molar-refractivity contribution in [3.8, 4) is 0 Å². The summed E-state index contributed by atoms with van der Waals surface area (Å²) in [5.74, 6) is -0.884. The van der Waals surface area contributed by atoms with Crippen molar-refractivity contribution in [3.05, 3.63) is 35.5 Å². The van der Waals surface area contributed by atoms with Crippen LogP contribution in [-0.4, -0.2) is 22.2 Å². The molecule has 0 atom stereocenters. The van der Waals surface area contributed by atoms with E-state index in [1.165, 1.54) is 0 Å². The average Bonchev–Trinajstić information content (AvgIpc) is 2.63. The Labute approximate surface area is 99.9 Å². The van der Waals surface area contributed by atoms with Gasteiger partial charge in [-0.1, -0.05) is 6.92 Å². The summed E-state index contributed by atoms with van der Waals surface area (Å²) in [5, 5.41) is 13.3. The number of hydrogen-bond donors (Lipinski definition) is 2. The number of aromatic nitrogens is 1. The maximum Gasteiger partial charge on any atom is 0.335 e. The molecule has 0 aliphatic heterocycles. The minimum Gasteiger partial charge on any atom is -0.478 e. The summed E-state index contributed by atoms with van der Waals surface area (Å²) >= 11 is 0. The van der Waals surface area contributed by atoms with Crippen LogP contribution in [0.3, 0.4) is 0 Å². The topological polar surface area (TPSA) is 54.3 Å². The van der Waals surface area contributed by atoms with Crippen molar-refractivity contribution in [3.63, 3.8) is 0 Å². The predicted molar refractivity (Wildman–Crippen MR) is 67.3 cm³/mol. The van der Waals surface area contributed by atoms with Crippen LogP contribution in [0, 0.1) is 0 Å². The molecule has 1 heterocycles. The van der Waals surface area contributed by atoms with Gasteiger partial charge >= 0.3 is 5.97 Å². The summed E-state index contributed by atoms with van der Waals surface area (Å²) in [5.41, 5.74) is 2.52. The van der Waals surface area contributed by atoms with Gasteiger partial charge in [-0.25, -0.2) is 4.79 Å². The number of carboxylic acids is 1. The zero-order valence-corrected chi connectivity index (χ0v) is 10.0. The summed E-state index contributed by atoms with van der Waals surface area (Å²) in [6, 6.07) is 5.24. The SMILES string of the molecule is CCNCc1cn(C)c2ccc(C(=O)O)cc12. The highest BCUT2D eigenvalue weighted by Crippen LogP contribution is 2.22. The molecule has 0 spiro atoms. The number of fused-ring (bicyclic) bond motifs is 1. The number of hydrogen-bond acceptors (Lipinski definition) is 2. The molecule has 0 amide bonds. The van der Waals surface area contributed by atoms with Gasteiger partial charge in [0.15, 0.2) is 0 Å². The summed E-state index contributed by atoms with van der Waals surface area (Å²) in [6.45, 7) is 3.71. The first-order chi connectivity index (χ1) is 8.13. The van der Waals surface area contributed by atoms with E-state index in [4.69, 9.17) is 5.11 Å². The largest absolute Gasteiger partial charge is 0.478 e. The van der Waals surface area contributed by atoms with Crippen molar-refractivity contribution in [2.75, 3.05) is 6.54 Å². The van der Waals surface area contributed by atoms with Gasteiger partial charge in [0.05, 0.1) is 5.56 Å². The maximum atomic E-state index is 11.0. The van der Waals surface area contributed by atoms with E-state index >= 15 is 0 Å². The Morgan fingerprint density at radius 3 is 2.88 bits per heavy atom. The van der Waals surface area contributed by atoms with E-state index in [1.54, 1.807) is 12.1 Å². The highest BCUT2D eigenvalue weighted by molar-refractivity contribution is 5.94. The number of carbonyl (C=O) groups is 1. The van der Waals surface area contributed by atoms with Crippen molar-refractivity contribution in [1.82, 2.24) is 9.88 Å². The third-order valence-electron chi connectivity index (χ3n) is 2.88.